The van der Waals surface area contributed by atoms with Gasteiger partial charge in [-0.2, -0.15) is 0 Å². The lowest BCUT2D eigenvalue weighted by Gasteiger charge is -2.40. The molecule has 0 unspecified atom stereocenters. The van der Waals surface area contributed by atoms with Crippen molar-refractivity contribution in [2.75, 3.05) is 19.7 Å². The van der Waals surface area contributed by atoms with Gasteiger partial charge in [0.15, 0.2) is 0 Å². The monoisotopic (exact) mass is 442 g/mol. The molecule has 0 amide bonds. The summed E-state index contributed by atoms with van der Waals surface area (Å²) in [5.74, 6) is -0.154. The van der Waals surface area contributed by atoms with Gasteiger partial charge in [0, 0.05) is 35.8 Å². The minimum absolute atomic E-state index is 0. The second-order valence-electron chi connectivity index (χ2n) is 7.75. The summed E-state index contributed by atoms with van der Waals surface area (Å²) in [6, 6.07) is 14.8. The van der Waals surface area contributed by atoms with Gasteiger partial charge in [-0.25, -0.2) is 0 Å². The Morgan fingerprint density at radius 2 is 1.90 bits per heavy atom. The number of piperidine rings is 1. The van der Waals surface area contributed by atoms with Crippen LogP contribution in [0.1, 0.15) is 30.9 Å². The number of hydrogen-bond donors (Lipinski definition) is 1. The number of ether oxygens (including phenoxy) is 1. The van der Waals surface area contributed by atoms with Gasteiger partial charge in [0.25, 0.3) is 5.69 Å². The number of aromatic nitrogens is 1. The maximum Gasteiger partial charge on any atom is 0.316 e. The highest BCUT2D eigenvalue weighted by Gasteiger charge is 2.44. The van der Waals surface area contributed by atoms with Crippen molar-refractivity contribution < 1.29 is 26.9 Å². The summed E-state index contributed by atoms with van der Waals surface area (Å²) < 4.78 is 5.45. The number of H-pyrrole nitrogens is 1. The van der Waals surface area contributed by atoms with Crippen molar-refractivity contribution in [2.45, 2.75) is 31.7 Å². The van der Waals surface area contributed by atoms with Gasteiger partial charge in [-0.15, -0.1) is 0 Å². The molecule has 1 saturated heterocycles. The first kappa shape index (κ1) is 22.8. The fourth-order valence-electron chi connectivity index (χ4n) is 4.38. The van der Waals surface area contributed by atoms with Crippen molar-refractivity contribution in [3.63, 3.8) is 0 Å². The molecule has 2 aromatic carbocycles. The third-order valence-electron chi connectivity index (χ3n) is 6.06. The summed E-state index contributed by atoms with van der Waals surface area (Å²) >= 11 is 0. The molecule has 4 rings (SSSR count). The molecular weight excluding hydrogens is 418 g/mol. The molecule has 0 atom stereocenters. The number of esters is 1. The van der Waals surface area contributed by atoms with Crippen LogP contribution >= 0.6 is 0 Å². The largest absolute Gasteiger partial charge is 1.00 e. The summed E-state index contributed by atoms with van der Waals surface area (Å²) in [5, 5.41) is 12.0. The number of aromatic amines is 1. The summed E-state index contributed by atoms with van der Waals surface area (Å²) in [7, 11) is 0. The Bertz CT molecular complexity index is 1060. The lowest BCUT2D eigenvalue weighted by atomic mass is 9.72. The van der Waals surface area contributed by atoms with Crippen molar-refractivity contribution in [3.05, 3.63) is 76.0 Å². The highest BCUT2D eigenvalue weighted by atomic mass is 35.5. The van der Waals surface area contributed by atoms with E-state index in [0.717, 1.165) is 35.1 Å². The molecule has 0 saturated carbocycles. The number of rotatable bonds is 6. The van der Waals surface area contributed by atoms with E-state index in [1.165, 1.54) is 6.07 Å². The molecule has 1 fully saturated rings. The average Bonchev–Trinajstić information content (AvgIpc) is 3.17. The first-order valence-corrected chi connectivity index (χ1v) is 10.2. The van der Waals surface area contributed by atoms with Gasteiger partial charge in [0.2, 0.25) is 0 Å². The molecule has 0 bridgehead atoms. The Morgan fingerprint density at radius 1 is 1.19 bits per heavy atom. The number of nitro groups is 1. The predicted molar refractivity (Wildman–Crippen MR) is 114 cm³/mol. The maximum absolute atomic E-state index is 12.9. The number of nitrogens with zero attached hydrogens (tertiary/aromatic N) is 2. The SMILES string of the molecule is CCOC(=O)C1(c2ccccc2)CCN(Cc2c[nH]c3ccc([N+](=O)[O-])cc23)CC1.[Cl-]. The Labute approximate surface area is 186 Å². The number of fused-ring (bicyclic) bond motifs is 1. The molecule has 1 aromatic heterocycles. The fourth-order valence-corrected chi connectivity index (χ4v) is 4.38. The van der Waals surface area contributed by atoms with E-state index in [9.17, 15) is 14.9 Å². The summed E-state index contributed by atoms with van der Waals surface area (Å²) in [5.41, 5.74) is 2.39. The second-order valence-corrected chi connectivity index (χ2v) is 7.75. The Kier molecular flexibility index (Phi) is 6.97. The van der Waals surface area contributed by atoms with Crippen molar-refractivity contribution in [2.24, 2.45) is 0 Å². The van der Waals surface area contributed by atoms with Gasteiger partial charge in [-0.3, -0.25) is 19.8 Å². The number of carbonyl (C=O) groups is 1. The molecule has 3 aromatic rings. The van der Waals surface area contributed by atoms with E-state index in [2.05, 4.69) is 9.88 Å². The van der Waals surface area contributed by atoms with Crippen molar-refractivity contribution in [1.82, 2.24) is 9.88 Å². The number of nitro benzene ring substituents is 1. The van der Waals surface area contributed by atoms with Crippen LogP contribution in [0.2, 0.25) is 0 Å². The van der Waals surface area contributed by atoms with Crippen LogP contribution in [0, 0.1) is 10.1 Å². The molecule has 8 heteroatoms. The van der Waals surface area contributed by atoms with Crippen LogP contribution in [0.4, 0.5) is 5.69 Å². The lowest BCUT2D eigenvalue weighted by Crippen LogP contribution is -3.00. The summed E-state index contributed by atoms with van der Waals surface area (Å²) in [4.78, 5) is 29.2. The van der Waals surface area contributed by atoms with Crippen LogP contribution in [-0.2, 0) is 21.5 Å². The molecule has 0 aliphatic carbocycles. The quantitative estimate of drug-likeness (QED) is 0.352. The minimum atomic E-state index is -0.618. The first-order valence-electron chi connectivity index (χ1n) is 10.2. The second kappa shape index (κ2) is 9.49. The molecule has 31 heavy (non-hydrogen) atoms. The average molecular weight is 443 g/mol. The number of likely N-dealkylation sites (tertiary alicyclic amines) is 1. The van der Waals surface area contributed by atoms with Gasteiger partial charge in [-0.1, -0.05) is 30.3 Å². The van der Waals surface area contributed by atoms with E-state index in [4.69, 9.17) is 4.74 Å². The van der Waals surface area contributed by atoms with Crippen molar-refractivity contribution in [3.8, 4) is 0 Å². The van der Waals surface area contributed by atoms with Gasteiger partial charge in [0.05, 0.1) is 16.9 Å². The van der Waals surface area contributed by atoms with E-state index in [0.29, 0.717) is 26.0 Å². The van der Waals surface area contributed by atoms with Crippen LogP contribution in [0.25, 0.3) is 10.9 Å². The van der Waals surface area contributed by atoms with Gasteiger partial charge in [0.1, 0.15) is 0 Å². The molecule has 1 aliphatic rings. The molecule has 0 spiro atoms. The number of hydrogen-bond acceptors (Lipinski definition) is 5. The lowest BCUT2D eigenvalue weighted by molar-refractivity contribution is -0.384. The van der Waals surface area contributed by atoms with E-state index in [1.807, 2.05) is 43.5 Å². The Balaban J connectivity index is 0.00000272. The van der Waals surface area contributed by atoms with E-state index >= 15 is 0 Å². The number of non-ortho nitro benzene ring substituents is 1. The normalized spacial score (nSPS) is 15.9. The van der Waals surface area contributed by atoms with E-state index < -0.39 is 5.41 Å². The number of halogens is 1. The first-order chi connectivity index (χ1) is 14.5. The third-order valence-corrected chi connectivity index (χ3v) is 6.06. The van der Waals surface area contributed by atoms with Gasteiger partial charge in [-0.05, 0) is 50.0 Å². The molecule has 0 radical (unpaired) electrons. The Hall–Kier alpha value is -2.90. The molecule has 1 aliphatic heterocycles. The molecule has 2 heterocycles. The zero-order valence-electron chi connectivity index (χ0n) is 17.3. The number of nitrogens with one attached hydrogen (secondary N) is 1. The summed E-state index contributed by atoms with van der Waals surface area (Å²) in [6.45, 7) is 4.37. The van der Waals surface area contributed by atoms with Gasteiger partial charge < -0.3 is 22.1 Å². The van der Waals surface area contributed by atoms with Crippen LogP contribution < -0.4 is 12.4 Å². The molecule has 7 nitrogen and oxygen atoms in total. The minimum Gasteiger partial charge on any atom is -1.00 e. The Morgan fingerprint density at radius 3 is 2.55 bits per heavy atom. The summed E-state index contributed by atoms with van der Waals surface area (Å²) in [6.07, 6.45) is 3.27. The molecule has 1 N–H and O–H groups in total. The van der Waals surface area contributed by atoms with Crippen LogP contribution in [-0.4, -0.2) is 40.5 Å². The van der Waals surface area contributed by atoms with Crippen molar-refractivity contribution in [1.29, 1.82) is 0 Å². The van der Waals surface area contributed by atoms with Crippen LogP contribution in [0.15, 0.2) is 54.7 Å². The smallest absolute Gasteiger partial charge is 0.316 e. The number of benzene rings is 2. The highest BCUT2D eigenvalue weighted by Crippen LogP contribution is 2.37. The zero-order valence-corrected chi connectivity index (χ0v) is 18.1. The molecular formula is C23H25ClN3O4-. The third kappa shape index (κ3) is 4.43. The fraction of sp³-hybridized carbons (Fsp3) is 0.348. The maximum atomic E-state index is 12.9. The van der Waals surface area contributed by atoms with Crippen LogP contribution in [0.3, 0.4) is 0 Å². The molecule has 164 valence electrons. The predicted octanol–water partition coefficient (Wildman–Crippen LogP) is 1.18. The van der Waals surface area contributed by atoms with Crippen molar-refractivity contribution >= 4 is 22.6 Å². The number of carbonyl (C=O) groups excluding carboxylic acids is 1. The van der Waals surface area contributed by atoms with Crippen LogP contribution in [0.5, 0.6) is 0 Å². The van der Waals surface area contributed by atoms with E-state index in [1.54, 1.807) is 12.1 Å². The topological polar surface area (TPSA) is 88.5 Å². The van der Waals surface area contributed by atoms with Gasteiger partial charge >= 0.3 is 5.97 Å². The zero-order chi connectivity index (χ0) is 21.1. The standard InChI is InChI=1S/C23H25N3O4.ClH/c1-2-30-22(27)23(18-6-4-3-5-7-18)10-12-25(13-11-23)16-17-15-24-21-9-8-19(26(28)29)14-20(17)21;/h3-9,14-15,24H,2,10-13,16H2,1H3;1H/p-1. The highest BCUT2D eigenvalue weighted by molar-refractivity contribution is 5.85. The van der Waals surface area contributed by atoms with E-state index in [-0.39, 0.29) is 29.0 Å².